The van der Waals surface area contributed by atoms with E-state index in [-0.39, 0.29) is 17.1 Å². The van der Waals surface area contributed by atoms with E-state index in [1.807, 2.05) is 0 Å². The Hall–Kier alpha value is -4.25. The van der Waals surface area contributed by atoms with Crippen molar-refractivity contribution in [1.29, 1.82) is 0 Å². The number of carboxylic acid groups (broad SMARTS) is 1. The fourth-order valence-electron chi connectivity index (χ4n) is 2.84. The summed E-state index contributed by atoms with van der Waals surface area (Å²) in [6.07, 6.45) is -0.933. The number of ether oxygens (including phenoxy) is 3. The second-order valence-corrected chi connectivity index (χ2v) is 6.83. The van der Waals surface area contributed by atoms with Gasteiger partial charge in [0.15, 0.2) is 23.0 Å². The van der Waals surface area contributed by atoms with Crippen molar-refractivity contribution in [3.8, 4) is 23.0 Å². The number of phenols is 3. The zero-order chi connectivity index (χ0) is 24.8. The van der Waals surface area contributed by atoms with Crippen LogP contribution in [-0.4, -0.2) is 69.4 Å². The molecule has 11 nitrogen and oxygen atoms in total. The molecule has 5 N–H and O–H groups in total. The molecule has 2 aromatic rings. The number of methoxy groups -OCH3 is 2. The first-order chi connectivity index (χ1) is 15.5. The zero-order valence-corrected chi connectivity index (χ0v) is 17.6. The molecule has 176 valence electrons. The Morgan fingerprint density at radius 3 is 2.24 bits per heavy atom. The summed E-state index contributed by atoms with van der Waals surface area (Å²) in [7, 11) is 2.24. The summed E-state index contributed by atoms with van der Waals surface area (Å²) >= 11 is 0. The summed E-state index contributed by atoms with van der Waals surface area (Å²) in [6, 6.07) is 7.42. The van der Waals surface area contributed by atoms with Crippen molar-refractivity contribution in [3.05, 3.63) is 53.6 Å². The van der Waals surface area contributed by atoms with E-state index in [0.29, 0.717) is 5.56 Å². The molecule has 0 radical (unpaired) electrons. The first-order valence-electron chi connectivity index (χ1n) is 9.32. The van der Waals surface area contributed by atoms with Gasteiger partial charge in [-0.15, -0.1) is 0 Å². The van der Waals surface area contributed by atoms with E-state index in [1.54, 1.807) is 0 Å². The summed E-state index contributed by atoms with van der Waals surface area (Å²) in [5.74, 6) is -5.47. The van der Waals surface area contributed by atoms with E-state index < -0.39 is 47.5 Å². The predicted molar refractivity (Wildman–Crippen MR) is 112 cm³/mol. The van der Waals surface area contributed by atoms with Crippen molar-refractivity contribution in [2.75, 3.05) is 14.2 Å². The van der Waals surface area contributed by atoms with Gasteiger partial charge >= 0.3 is 17.9 Å². The van der Waals surface area contributed by atoms with Crippen LogP contribution in [0.15, 0.2) is 42.5 Å². The molecule has 0 unspecified atom stereocenters. The number of aliphatic hydroxyl groups is 1. The Labute approximate surface area is 187 Å². The minimum Gasteiger partial charge on any atom is -0.504 e. The number of hydrogen-bond donors (Lipinski definition) is 5. The zero-order valence-electron chi connectivity index (χ0n) is 17.6. The second-order valence-electron chi connectivity index (χ2n) is 6.83. The lowest BCUT2D eigenvalue weighted by atomic mass is 9.88. The molecule has 2 rings (SSSR count). The van der Waals surface area contributed by atoms with Gasteiger partial charge in [0.25, 0.3) is 0 Å². The lowest BCUT2D eigenvalue weighted by Gasteiger charge is -2.30. The van der Waals surface area contributed by atoms with E-state index in [9.17, 15) is 39.9 Å². The van der Waals surface area contributed by atoms with Crippen LogP contribution in [0, 0.1) is 0 Å². The third-order valence-corrected chi connectivity index (χ3v) is 4.58. The van der Waals surface area contributed by atoms with Gasteiger partial charge in [0.2, 0.25) is 11.7 Å². The number of phenolic OH excluding ortho intramolecular Hbond substituents is 3. The van der Waals surface area contributed by atoms with Gasteiger partial charge in [0.05, 0.1) is 14.2 Å². The van der Waals surface area contributed by atoms with Crippen LogP contribution in [0.2, 0.25) is 0 Å². The van der Waals surface area contributed by atoms with Gasteiger partial charge in [-0.25, -0.2) is 14.4 Å². The first kappa shape index (κ1) is 25.0. The maximum Gasteiger partial charge on any atom is 0.350 e. The average Bonchev–Trinajstić information content (AvgIpc) is 2.78. The average molecular weight is 462 g/mol. The molecular formula is C22H22O11. The number of esters is 2. The largest absolute Gasteiger partial charge is 0.504 e. The maximum absolute atomic E-state index is 12.3. The van der Waals surface area contributed by atoms with Crippen molar-refractivity contribution in [2.45, 2.75) is 18.1 Å². The van der Waals surface area contributed by atoms with Gasteiger partial charge < -0.3 is 39.7 Å². The number of aliphatic carboxylic acids is 1. The number of carboxylic acids is 1. The highest BCUT2D eigenvalue weighted by atomic mass is 16.6. The van der Waals surface area contributed by atoms with Crippen LogP contribution in [0.25, 0.3) is 6.08 Å². The van der Waals surface area contributed by atoms with Crippen molar-refractivity contribution < 1.29 is 54.1 Å². The summed E-state index contributed by atoms with van der Waals surface area (Å²) in [5.41, 5.74) is -2.54. The fourth-order valence-corrected chi connectivity index (χ4v) is 2.84. The second kappa shape index (κ2) is 10.4. The number of hydrogen-bond acceptors (Lipinski definition) is 10. The number of carbonyl (C=O) groups excluding carboxylic acids is 2. The summed E-state index contributed by atoms with van der Waals surface area (Å²) < 4.78 is 14.4. The van der Waals surface area contributed by atoms with Gasteiger partial charge in [0, 0.05) is 12.5 Å². The minimum absolute atomic E-state index is 0.0203. The van der Waals surface area contributed by atoms with Gasteiger partial charge in [-0.3, -0.25) is 0 Å². The minimum atomic E-state index is -2.97. The molecule has 0 bridgehead atoms. The van der Waals surface area contributed by atoms with Gasteiger partial charge in [-0.05, 0) is 41.5 Å². The fraction of sp³-hybridized carbons (Fsp3) is 0.227. The van der Waals surface area contributed by atoms with Crippen molar-refractivity contribution in [2.24, 2.45) is 0 Å². The van der Waals surface area contributed by atoms with Crippen LogP contribution in [0.1, 0.15) is 11.1 Å². The Morgan fingerprint density at radius 1 is 1.00 bits per heavy atom. The van der Waals surface area contributed by atoms with Gasteiger partial charge in [-0.1, -0.05) is 12.1 Å². The van der Waals surface area contributed by atoms with Crippen LogP contribution in [0.4, 0.5) is 0 Å². The normalized spacial score (nSPS) is 13.7. The number of benzene rings is 2. The Balaban J connectivity index is 2.31. The van der Waals surface area contributed by atoms with Crippen LogP contribution in [0.3, 0.4) is 0 Å². The SMILES string of the molecule is COC(=O)[C@@H](OC(=O)C=Cc1ccc(O)c(OC)c1)[C@](O)(Cc1ccc(O)c(O)c1)C(=O)O. The van der Waals surface area contributed by atoms with Gasteiger partial charge in [-0.2, -0.15) is 0 Å². The number of rotatable bonds is 9. The Kier molecular flexibility index (Phi) is 7.86. The molecule has 0 saturated heterocycles. The van der Waals surface area contributed by atoms with Crippen LogP contribution < -0.4 is 4.74 Å². The van der Waals surface area contributed by atoms with Crippen LogP contribution in [0.5, 0.6) is 23.0 Å². The highest BCUT2D eigenvalue weighted by molar-refractivity contribution is 5.93. The molecule has 33 heavy (non-hydrogen) atoms. The topological polar surface area (TPSA) is 180 Å². The highest BCUT2D eigenvalue weighted by Gasteiger charge is 2.52. The standard InChI is InChI=1S/C22H22O11/c1-31-17-10-12(3-7-15(17)24)5-8-18(26)33-19(20(27)32-2)22(30,21(28)29)11-13-4-6-14(23)16(25)9-13/h3-10,19,23-25,30H,11H2,1-2H3,(H,28,29)/t19-,22-/m1/s1. The van der Waals surface area contributed by atoms with Crippen molar-refractivity contribution in [3.63, 3.8) is 0 Å². The smallest absolute Gasteiger partial charge is 0.350 e. The first-order valence-corrected chi connectivity index (χ1v) is 9.32. The molecule has 0 aromatic heterocycles. The summed E-state index contributed by atoms with van der Waals surface area (Å²) in [4.78, 5) is 36.4. The molecule has 0 amide bonds. The molecule has 0 saturated carbocycles. The highest BCUT2D eigenvalue weighted by Crippen LogP contribution is 2.29. The molecule has 0 heterocycles. The molecule has 0 spiro atoms. The number of carbonyl (C=O) groups is 3. The van der Waals surface area contributed by atoms with E-state index in [2.05, 4.69) is 4.74 Å². The van der Waals surface area contributed by atoms with E-state index in [1.165, 1.54) is 37.5 Å². The molecule has 0 fully saturated rings. The quantitative estimate of drug-likeness (QED) is 0.203. The molecular weight excluding hydrogens is 440 g/mol. The van der Waals surface area contributed by atoms with Crippen LogP contribution in [-0.2, 0) is 30.3 Å². The van der Waals surface area contributed by atoms with Crippen LogP contribution >= 0.6 is 0 Å². The number of aromatic hydroxyl groups is 3. The summed E-state index contributed by atoms with van der Waals surface area (Å²) in [6.45, 7) is 0. The van der Waals surface area contributed by atoms with Crippen molar-refractivity contribution in [1.82, 2.24) is 0 Å². The van der Waals surface area contributed by atoms with E-state index in [4.69, 9.17) is 9.47 Å². The lowest BCUT2D eigenvalue weighted by molar-refractivity contribution is -0.193. The molecule has 11 heteroatoms. The Morgan fingerprint density at radius 2 is 1.67 bits per heavy atom. The van der Waals surface area contributed by atoms with Gasteiger partial charge in [0.1, 0.15) is 0 Å². The monoisotopic (exact) mass is 462 g/mol. The lowest BCUT2D eigenvalue weighted by Crippen LogP contribution is -2.57. The third-order valence-electron chi connectivity index (χ3n) is 4.58. The summed E-state index contributed by atoms with van der Waals surface area (Å²) in [5, 5.41) is 49.1. The molecule has 0 aliphatic carbocycles. The molecule has 2 aromatic carbocycles. The molecule has 2 atom stereocenters. The van der Waals surface area contributed by atoms with E-state index >= 15 is 0 Å². The third kappa shape index (κ3) is 5.92. The maximum atomic E-state index is 12.3. The molecule has 0 aliphatic heterocycles. The van der Waals surface area contributed by atoms with Crippen molar-refractivity contribution >= 4 is 24.0 Å². The van der Waals surface area contributed by atoms with E-state index in [0.717, 1.165) is 25.3 Å². The molecule has 0 aliphatic rings. The Bertz CT molecular complexity index is 1080. The predicted octanol–water partition coefficient (Wildman–Crippen LogP) is 0.968.